The Hall–Kier alpha value is 0.270. The molecule has 72 valence electrons. The fraction of sp³-hybridized carbons (Fsp3) is 1.00. The minimum atomic E-state index is 0.462. The van der Waals surface area contributed by atoms with Crippen LogP contribution in [0.3, 0.4) is 0 Å². The van der Waals surface area contributed by atoms with Crippen LogP contribution in [0.2, 0.25) is 0 Å². The van der Waals surface area contributed by atoms with Gasteiger partial charge in [0.15, 0.2) is 0 Å². The van der Waals surface area contributed by atoms with Crippen molar-refractivity contribution in [3.63, 3.8) is 0 Å². The lowest BCUT2D eigenvalue weighted by Gasteiger charge is -2.18. The second-order valence-electron chi connectivity index (χ2n) is 3.53. The molecule has 0 aromatic rings. The standard InChI is InChI=1S/C9H20N2S/c1-12-8-7-11-5-2-3-9(10)4-6-11/h9H,2-8,10H2,1H3. The van der Waals surface area contributed by atoms with E-state index in [1.54, 1.807) is 0 Å². The van der Waals surface area contributed by atoms with Crippen LogP contribution in [0.5, 0.6) is 0 Å². The third-order valence-corrected chi connectivity index (χ3v) is 3.07. The maximum atomic E-state index is 5.89. The second-order valence-corrected chi connectivity index (χ2v) is 4.51. The third-order valence-electron chi connectivity index (χ3n) is 2.48. The summed E-state index contributed by atoms with van der Waals surface area (Å²) in [6.45, 7) is 3.71. The van der Waals surface area contributed by atoms with Gasteiger partial charge in [0.2, 0.25) is 0 Å². The molecule has 12 heavy (non-hydrogen) atoms. The molecule has 2 nitrogen and oxygen atoms in total. The van der Waals surface area contributed by atoms with Crippen LogP contribution in [0.25, 0.3) is 0 Å². The first-order valence-electron chi connectivity index (χ1n) is 4.80. The highest BCUT2D eigenvalue weighted by Gasteiger charge is 2.12. The van der Waals surface area contributed by atoms with Gasteiger partial charge in [-0.15, -0.1) is 0 Å². The van der Waals surface area contributed by atoms with Gasteiger partial charge in [-0.3, -0.25) is 0 Å². The van der Waals surface area contributed by atoms with Crippen molar-refractivity contribution in [2.75, 3.05) is 31.6 Å². The predicted molar refractivity (Wildman–Crippen MR) is 56.6 cm³/mol. The van der Waals surface area contributed by atoms with E-state index in [0.29, 0.717) is 6.04 Å². The lowest BCUT2D eigenvalue weighted by Crippen LogP contribution is -2.28. The summed E-state index contributed by atoms with van der Waals surface area (Å²) in [4.78, 5) is 2.54. The van der Waals surface area contributed by atoms with Crippen molar-refractivity contribution in [2.45, 2.75) is 25.3 Å². The van der Waals surface area contributed by atoms with E-state index in [9.17, 15) is 0 Å². The molecule has 0 radical (unpaired) electrons. The molecule has 0 bridgehead atoms. The monoisotopic (exact) mass is 188 g/mol. The molecule has 0 spiro atoms. The first-order valence-corrected chi connectivity index (χ1v) is 6.19. The van der Waals surface area contributed by atoms with Crippen LogP contribution in [0.1, 0.15) is 19.3 Å². The third kappa shape index (κ3) is 3.78. The van der Waals surface area contributed by atoms with E-state index < -0.39 is 0 Å². The summed E-state index contributed by atoms with van der Waals surface area (Å²) in [5.41, 5.74) is 5.89. The average Bonchev–Trinajstić information content (AvgIpc) is 2.27. The predicted octanol–water partition coefficient (Wildman–Crippen LogP) is 1.16. The van der Waals surface area contributed by atoms with Gasteiger partial charge in [0.05, 0.1) is 0 Å². The Balaban J connectivity index is 2.17. The van der Waals surface area contributed by atoms with E-state index in [1.165, 1.54) is 44.6 Å². The maximum absolute atomic E-state index is 5.89. The van der Waals surface area contributed by atoms with Gasteiger partial charge in [-0.25, -0.2) is 0 Å². The molecular weight excluding hydrogens is 168 g/mol. The van der Waals surface area contributed by atoms with E-state index in [0.717, 1.165) is 0 Å². The number of rotatable bonds is 3. The number of nitrogens with two attached hydrogens (primary N) is 1. The summed E-state index contributed by atoms with van der Waals surface area (Å²) in [5.74, 6) is 1.26. The smallest absolute Gasteiger partial charge is 0.00722 e. The molecule has 2 N–H and O–H groups in total. The maximum Gasteiger partial charge on any atom is 0.00722 e. The normalized spacial score (nSPS) is 27.0. The summed E-state index contributed by atoms with van der Waals surface area (Å²) >= 11 is 1.93. The fourth-order valence-corrected chi connectivity index (χ4v) is 2.07. The van der Waals surface area contributed by atoms with Crippen LogP contribution in [-0.2, 0) is 0 Å². The van der Waals surface area contributed by atoms with Crippen LogP contribution in [-0.4, -0.2) is 42.6 Å². The molecule has 0 amide bonds. The summed E-state index contributed by atoms with van der Waals surface area (Å²) in [6.07, 6.45) is 5.86. The topological polar surface area (TPSA) is 29.3 Å². The Morgan fingerprint density at radius 2 is 2.25 bits per heavy atom. The highest BCUT2D eigenvalue weighted by molar-refractivity contribution is 7.98. The zero-order valence-corrected chi connectivity index (χ0v) is 8.78. The summed E-state index contributed by atoms with van der Waals surface area (Å²) < 4.78 is 0. The van der Waals surface area contributed by atoms with Crippen molar-refractivity contribution >= 4 is 11.8 Å². The molecule has 0 aromatic heterocycles. The van der Waals surface area contributed by atoms with Crippen molar-refractivity contribution in [3.8, 4) is 0 Å². The molecule has 0 saturated carbocycles. The molecule has 1 aliphatic rings. The first-order chi connectivity index (χ1) is 5.83. The summed E-state index contributed by atoms with van der Waals surface area (Å²) in [6, 6.07) is 0.462. The fourth-order valence-electron chi connectivity index (χ4n) is 1.63. The van der Waals surface area contributed by atoms with Gasteiger partial charge in [-0.2, -0.15) is 11.8 Å². The molecular formula is C9H20N2S. The highest BCUT2D eigenvalue weighted by Crippen LogP contribution is 2.09. The lowest BCUT2D eigenvalue weighted by atomic mass is 10.1. The van der Waals surface area contributed by atoms with Crippen molar-refractivity contribution in [1.82, 2.24) is 4.90 Å². The van der Waals surface area contributed by atoms with Crippen LogP contribution < -0.4 is 5.73 Å². The molecule has 1 atom stereocenters. The van der Waals surface area contributed by atoms with Gasteiger partial charge in [-0.1, -0.05) is 0 Å². The molecule has 3 heteroatoms. The van der Waals surface area contributed by atoms with Crippen LogP contribution >= 0.6 is 11.8 Å². The van der Waals surface area contributed by atoms with Gasteiger partial charge in [-0.05, 0) is 38.6 Å². The van der Waals surface area contributed by atoms with Gasteiger partial charge in [0, 0.05) is 18.3 Å². The largest absolute Gasteiger partial charge is 0.328 e. The zero-order valence-electron chi connectivity index (χ0n) is 7.96. The number of hydrogen-bond donors (Lipinski definition) is 1. The van der Waals surface area contributed by atoms with E-state index in [4.69, 9.17) is 5.73 Å². The minimum Gasteiger partial charge on any atom is -0.328 e. The van der Waals surface area contributed by atoms with Crippen LogP contribution in [0.15, 0.2) is 0 Å². The summed E-state index contributed by atoms with van der Waals surface area (Å²) in [5, 5.41) is 0. The van der Waals surface area contributed by atoms with Crippen molar-refractivity contribution in [1.29, 1.82) is 0 Å². The van der Waals surface area contributed by atoms with Crippen molar-refractivity contribution in [2.24, 2.45) is 5.73 Å². The number of nitrogens with zero attached hydrogens (tertiary/aromatic N) is 1. The zero-order chi connectivity index (χ0) is 8.81. The van der Waals surface area contributed by atoms with Crippen molar-refractivity contribution in [3.05, 3.63) is 0 Å². The Kier molecular flexibility index (Phi) is 5.04. The minimum absolute atomic E-state index is 0.462. The number of likely N-dealkylation sites (tertiary alicyclic amines) is 1. The molecule has 0 aromatic carbocycles. The Labute approximate surface area is 79.9 Å². The molecule has 1 unspecified atom stereocenters. The van der Waals surface area contributed by atoms with E-state index in [-0.39, 0.29) is 0 Å². The molecule has 1 heterocycles. The average molecular weight is 188 g/mol. The van der Waals surface area contributed by atoms with E-state index in [1.807, 2.05) is 11.8 Å². The Morgan fingerprint density at radius 1 is 1.42 bits per heavy atom. The molecule has 1 saturated heterocycles. The molecule has 1 rings (SSSR count). The lowest BCUT2D eigenvalue weighted by molar-refractivity contribution is 0.302. The van der Waals surface area contributed by atoms with Gasteiger partial charge in [0.1, 0.15) is 0 Å². The van der Waals surface area contributed by atoms with E-state index in [2.05, 4.69) is 11.2 Å². The van der Waals surface area contributed by atoms with Gasteiger partial charge >= 0.3 is 0 Å². The Bertz CT molecular complexity index is 117. The first kappa shape index (κ1) is 10.4. The Morgan fingerprint density at radius 3 is 3.00 bits per heavy atom. The summed E-state index contributed by atoms with van der Waals surface area (Å²) in [7, 11) is 0. The second kappa shape index (κ2) is 5.84. The van der Waals surface area contributed by atoms with E-state index >= 15 is 0 Å². The van der Waals surface area contributed by atoms with Crippen molar-refractivity contribution < 1.29 is 0 Å². The van der Waals surface area contributed by atoms with Crippen LogP contribution in [0.4, 0.5) is 0 Å². The van der Waals surface area contributed by atoms with Gasteiger partial charge < -0.3 is 10.6 Å². The van der Waals surface area contributed by atoms with Crippen LogP contribution in [0, 0.1) is 0 Å². The molecule has 1 fully saturated rings. The number of hydrogen-bond acceptors (Lipinski definition) is 3. The molecule has 0 aliphatic carbocycles. The van der Waals surface area contributed by atoms with Gasteiger partial charge in [0.25, 0.3) is 0 Å². The number of thioether (sulfide) groups is 1. The quantitative estimate of drug-likeness (QED) is 0.721. The molecule has 1 aliphatic heterocycles. The highest BCUT2D eigenvalue weighted by atomic mass is 32.2. The SMILES string of the molecule is CSCCN1CCCC(N)CC1.